The van der Waals surface area contributed by atoms with Gasteiger partial charge in [0, 0.05) is 0 Å². The standard InChI is InChI=1S/C14H14N4O4/c1-17-11(15)10(13(20)18(2)14(17)21)16-12(19)8-6-4-5-7-9(8)22-3/h4-7,15H,1-3H3/p+1. The van der Waals surface area contributed by atoms with Crippen LogP contribution in [0.25, 0.3) is 0 Å². The minimum Gasteiger partial charge on any atom is -0.496 e. The van der Waals surface area contributed by atoms with E-state index in [1.54, 1.807) is 18.2 Å². The zero-order valence-electron chi connectivity index (χ0n) is 12.4. The third kappa shape index (κ3) is 2.46. The van der Waals surface area contributed by atoms with Gasteiger partial charge < -0.3 is 10.5 Å². The summed E-state index contributed by atoms with van der Waals surface area (Å²) in [5, 5.41) is 0. The Bertz CT molecular complexity index is 736. The molecule has 0 bridgehead atoms. The molecule has 2 N–H and O–H groups in total. The van der Waals surface area contributed by atoms with Gasteiger partial charge in [0.2, 0.25) is 5.71 Å². The van der Waals surface area contributed by atoms with Crippen molar-refractivity contribution < 1.29 is 23.7 Å². The molecular weight excluding hydrogens is 288 g/mol. The Morgan fingerprint density at radius 1 is 1.32 bits per heavy atom. The Balaban J connectivity index is 2.50. The third-order valence-electron chi connectivity index (χ3n) is 3.24. The molecule has 1 aromatic rings. The van der Waals surface area contributed by atoms with Gasteiger partial charge in [0.15, 0.2) is 0 Å². The maximum atomic E-state index is 12.3. The van der Waals surface area contributed by atoms with Crippen molar-refractivity contribution in [1.29, 1.82) is 0 Å². The van der Waals surface area contributed by atoms with Crippen molar-refractivity contribution in [2.45, 2.75) is 0 Å². The summed E-state index contributed by atoms with van der Waals surface area (Å²) >= 11 is 0. The Hall–Kier alpha value is -3.03. The van der Waals surface area contributed by atoms with Gasteiger partial charge in [0.25, 0.3) is 11.7 Å². The van der Waals surface area contributed by atoms with E-state index in [0.717, 1.165) is 9.48 Å². The van der Waals surface area contributed by atoms with E-state index in [1.165, 1.54) is 27.3 Å². The number of amidine groups is 1. The number of hydrogen-bond donors (Lipinski definition) is 1. The van der Waals surface area contributed by atoms with Crippen LogP contribution in [0.15, 0.2) is 29.3 Å². The Morgan fingerprint density at radius 3 is 2.59 bits per heavy atom. The van der Waals surface area contributed by atoms with Crippen molar-refractivity contribution in [3.05, 3.63) is 29.8 Å². The summed E-state index contributed by atoms with van der Waals surface area (Å²) in [6.07, 6.45) is 0. The van der Waals surface area contributed by atoms with Crippen LogP contribution in [0, 0.1) is 0 Å². The average molecular weight is 303 g/mol. The first-order chi connectivity index (χ1) is 10.4. The topological polar surface area (TPSA) is 105 Å². The fraction of sp³-hybridized carbons (Fsp3) is 0.214. The largest absolute Gasteiger partial charge is 0.496 e. The van der Waals surface area contributed by atoms with Crippen LogP contribution in [-0.4, -0.2) is 60.1 Å². The number of benzene rings is 1. The zero-order chi connectivity index (χ0) is 16.4. The fourth-order valence-electron chi connectivity index (χ4n) is 1.93. The average Bonchev–Trinajstić information content (AvgIpc) is 2.54. The van der Waals surface area contributed by atoms with Gasteiger partial charge in [-0.3, -0.25) is 4.79 Å². The van der Waals surface area contributed by atoms with Crippen LogP contribution < -0.4 is 10.5 Å². The van der Waals surface area contributed by atoms with E-state index in [1.807, 2.05) is 0 Å². The van der Waals surface area contributed by atoms with Gasteiger partial charge >= 0.3 is 11.9 Å². The molecule has 8 heteroatoms. The maximum absolute atomic E-state index is 12.3. The second-order valence-corrected chi connectivity index (χ2v) is 4.56. The van der Waals surface area contributed by atoms with E-state index < -0.39 is 17.8 Å². The molecule has 1 heterocycles. The molecule has 1 aliphatic heterocycles. The summed E-state index contributed by atoms with van der Waals surface area (Å²) in [4.78, 5) is 40.7. The van der Waals surface area contributed by atoms with Gasteiger partial charge in [-0.05, 0) is 12.1 Å². The van der Waals surface area contributed by atoms with E-state index in [4.69, 9.17) is 10.5 Å². The Labute approximate surface area is 126 Å². The number of rotatable bonds is 2. The number of hydrogen-bond acceptors (Lipinski definition) is 5. The first-order valence-corrected chi connectivity index (χ1v) is 6.33. The van der Waals surface area contributed by atoms with Crippen LogP contribution in [0.3, 0.4) is 0 Å². The number of amides is 4. The number of methoxy groups -OCH3 is 1. The number of ether oxygens (including phenoxy) is 1. The molecule has 0 spiro atoms. The lowest BCUT2D eigenvalue weighted by Crippen LogP contribution is -2.55. The summed E-state index contributed by atoms with van der Waals surface area (Å²) in [5.74, 6) is -1.25. The van der Waals surface area contributed by atoms with Crippen molar-refractivity contribution in [3.8, 4) is 5.75 Å². The van der Waals surface area contributed by atoms with Crippen LogP contribution in [0.1, 0.15) is 10.4 Å². The SMILES string of the molecule is COc1ccccc1C(=O)N=C1C(=O)N(C)C(=O)[N+](C)=C1N. The van der Waals surface area contributed by atoms with Crippen molar-refractivity contribution >= 4 is 29.4 Å². The van der Waals surface area contributed by atoms with Crippen molar-refractivity contribution in [2.24, 2.45) is 10.7 Å². The molecule has 4 amide bonds. The van der Waals surface area contributed by atoms with Gasteiger partial charge in [-0.25, -0.2) is 9.59 Å². The zero-order valence-corrected chi connectivity index (χ0v) is 12.4. The van der Waals surface area contributed by atoms with Crippen molar-refractivity contribution in [1.82, 2.24) is 4.90 Å². The van der Waals surface area contributed by atoms with E-state index >= 15 is 0 Å². The summed E-state index contributed by atoms with van der Waals surface area (Å²) in [6.45, 7) is 0. The highest BCUT2D eigenvalue weighted by Gasteiger charge is 2.39. The highest BCUT2D eigenvalue weighted by Crippen LogP contribution is 2.18. The van der Waals surface area contributed by atoms with E-state index in [9.17, 15) is 14.4 Å². The number of carbonyl (C=O) groups excluding carboxylic acids is 3. The highest BCUT2D eigenvalue weighted by molar-refractivity contribution is 6.68. The molecule has 0 aromatic heterocycles. The summed E-state index contributed by atoms with van der Waals surface area (Å²) in [6, 6.07) is 5.88. The predicted octanol–water partition coefficient (Wildman–Crippen LogP) is -0.132. The predicted molar refractivity (Wildman–Crippen MR) is 78.3 cm³/mol. The van der Waals surface area contributed by atoms with E-state index in [0.29, 0.717) is 5.75 Å². The van der Waals surface area contributed by atoms with E-state index in [-0.39, 0.29) is 17.1 Å². The number of urea groups is 1. The molecule has 1 aliphatic rings. The number of aliphatic imine (C=N–C) groups is 1. The van der Waals surface area contributed by atoms with Crippen molar-refractivity contribution in [2.75, 3.05) is 21.2 Å². The lowest BCUT2D eigenvalue weighted by atomic mass is 10.2. The highest BCUT2D eigenvalue weighted by atomic mass is 16.5. The normalized spacial score (nSPS) is 17.2. The lowest BCUT2D eigenvalue weighted by molar-refractivity contribution is -0.401. The summed E-state index contributed by atoms with van der Waals surface area (Å²) in [7, 11) is 4.10. The molecule has 114 valence electrons. The molecule has 0 unspecified atom stereocenters. The summed E-state index contributed by atoms with van der Waals surface area (Å²) < 4.78 is 6.13. The second-order valence-electron chi connectivity index (χ2n) is 4.56. The second kappa shape index (κ2) is 5.76. The molecule has 0 fully saturated rings. The first kappa shape index (κ1) is 15.4. The van der Waals surface area contributed by atoms with Crippen molar-refractivity contribution in [3.63, 3.8) is 0 Å². The van der Waals surface area contributed by atoms with E-state index in [2.05, 4.69) is 4.99 Å². The molecular formula is C14H15N4O4+. The Morgan fingerprint density at radius 2 is 1.95 bits per heavy atom. The van der Waals surface area contributed by atoms with Crippen LogP contribution in [0.5, 0.6) is 5.75 Å². The fourth-order valence-corrected chi connectivity index (χ4v) is 1.93. The molecule has 0 saturated heterocycles. The minimum absolute atomic E-state index is 0.170. The molecule has 22 heavy (non-hydrogen) atoms. The molecule has 1 aromatic carbocycles. The van der Waals surface area contributed by atoms with Gasteiger partial charge in [0.05, 0.1) is 26.8 Å². The number of nitrogens with zero attached hydrogens (tertiary/aromatic N) is 3. The molecule has 8 nitrogen and oxygen atoms in total. The van der Waals surface area contributed by atoms with Crippen LogP contribution >= 0.6 is 0 Å². The number of nitrogens with two attached hydrogens (primary N) is 1. The van der Waals surface area contributed by atoms with Gasteiger partial charge in [0.1, 0.15) is 5.75 Å². The minimum atomic E-state index is -0.733. The van der Waals surface area contributed by atoms with Crippen LogP contribution in [0.4, 0.5) is 4.79 Å². The quantitative estimate of drug-likeness (QED) is 0.766. The van der Waals surface area contributed by atoms with Gasteiger partial charge in [-0.1, -0.05) is 12.1 Å². The van der Waals surface area contributed by atoms with Crippen LogP contribution in [0.2, 0.25) is 0 Å². The molecule has 0 saturated carbocycles. The number of para-hydroxylation sites is 1. The van der Waals surface area contributed by atoms with Crippen LogP contribution in [-0.2, 0) is 4.79 Å². The van der Waals surface area contributed by atoms with Gasteiger partial charge in [-0.2, -0.15) is 14.5 Å². The summed E-state index contributed by atoms with van der Waals surface area (Å²) in [5.41, 5.74) is 5.64. The number of carbonyl (C=O) groups is 3. The van der Waals surface area contributed by atoms with Gasteiger partial charge in [-0.15, -0.1) is 0 Å². The number of imide groups is 1. The molecule has 0 aliphatic carbocycles. The first-order valence-electron chi connectivity index (χ1n) is 6.33. The monoisotopic (exact) mass is 303 g/mol. The lowest BCUT2D eigenvalue weighted by Gasteiger charge is -2.17. The molecule has 0 atom stereocenters. The third-order valence-corrected chi connectivity index (χ3v) is 3.24. The Kier molecular flexibility index (Phi) is 4.02. The molecule has 0 radical (unpaired) electrons. The maximum Gasteiger partial charge on any atom is 0.445 e. The smallest absolute Gasteiger partial charge is 0.445 e. The molecule has 2 rings (SSSR count).